The first-order valence-electron chi connectivity index (χ1n) is 2.59. The third-order valence-electron chi connectivity index (χ3n) is 0.572. The van der Waals surface area contributed by atoms with Crippen LogP contribution in [0, 0.1) is 11.3 Å². The molecule has 0 aliphatic heterocycles. The molecular formula is C5H13IN2S. The molecular weight excluding hydrogens is 247 g/mol. The van der Waals surface area contributed by atoms with Crippen LogP contribution in [0.2, 0.25) is 0 Å². The van der Waals surface area contributed by atoms with Crippen molar-refractivity contribution < 1.29 is 0 Å². The molecule has 0 aromatic rings. The molecule has 3 N–H and O–H groups in total. The second-order valence-corrected chi connectivity index (χ2v) is 3.13. The van der Waals surface area contributed by atoms with Crippen molar-refractivity contribution in [2.24, 2.45) is 11.7 Å². The Morgan fingerprint density at radius 3 is 2.22 bits per heavy atom. The number of hydrogen-bond acceptors (Lipinski definition) is 2. The summed E-state index contributed by atoms with van der Waals surface area (Å²) < 4.78 is 0. The summed E-state index contributed by atoms with van der Waals surface area (Å²) in [5.41, 5.74) is 5.09. The van der Waals surface area contributed by atoms with E-state index in [1.165, 1.54) is 11.8 Å². The van der Waals surface area contributed by atoms with E-state index in [1.54, 1.807) is 0 Å². The lowest BCUT2D eigenvalue weighted by molar-refractivity contribution is 0.752. The van der Waals surface area contributed by atoms with E-state index in [-0.39, 0.29) is 29.1 Å². The van der Waals surface area contributed by atoms with Crippen molar-refractivity contribution in [2.45, 2.75) is 13.8 Å². The Morgan fingerprint density at radius 1 is 1.67 bits per heavy atom. The van der Waals surface area contributed by atoms with Crippen molar-refractivity contribution in [2.75, 3.05) is 5.75 Å². The molecule has 0 atom stereocenters. The SMILES string of the molecule is CC(C)CSC(=N)N.I. The molecule has 0 heterocycles. The zero-order chi connectivity index (χ0) is 6.57. The van der Waals surface area contributed by atoms with Gasteiger partial charge < -0.3 is 5.73 Å². The first-order valence-corrected chi connectivity index (χ1v) is 3.58. The molecule has 0 aromatic carbocycles. The van der Waals surface area contributed by atoms with Crippen LogP contribution in [0.4, 0.5) is 0 Å². The number of nitrogens with two attached hydrogens (primary N) is 1. The fraction of sp³-hybridized carbons (Fsp3) is 0.800. The zero-order valence-corrected chi connectivity index (χ0v) is 8.83. The van der Waals surface area contributed by atoms with Crippen LogP contribution in [0.15, 0.2) is 0 Å². The third-order valence-corrected chi connectivity index (χ3v) is 1.72. The van der Waals surface area contributed by atoms with Crippen LogP contribution >= 0.6 is 35.7 Å². The lowest BCUT2D eigenvalue weighted by atomic mass is 10.3. The van der Waals surface area contributed by atoms with Crippen LogP contribution in [0.3, 0.4) is 0 Å². The van der Waals surface area contributed by atoms with Crippen molar-refractivity contribution in [3.05, 3.63) is 0 Å². The molecule has 0 spiro atoms. The van der Waals surface area contributed by atoms with Crippen molar-refractivity contribution >= 4 is 40.9 Å². The first-order chi connectivity index (χ1) is 3.63. The third kappa shape index (κ3) is 11.9. The van der Waals surface area contributed by atoms with Gasteiger partial charge in [0.1, 0.15) is 0 Å². The predicted molar refractivity (Wildman–Crippen MR) is 54.6 cm³/mol. The van der Waals surface area contributed by atoms with E-state index in [2.05, 4.69) is 13.8 Å². The second-order valence-electron chi connectivity index (χ2n) is 2.07. The van der Waals surface area contributed by atoms with Gasteiger partial charge in [-0.15, -0.1) is 24.0 Å². The molecule has 0 amide bonds. The largest absolute Gasteiger partial charge is 0.379 e. The van der Waals surface area contributed by atoms with Crippen molar-refractivity contribution in [1.82, 2.24) is 0 Å². The highest BCUT2D eigenvalue weighted by Gasteiger charge is 1.93. The molecule has 0 aliphatic rings. The fourth-order valence-electron chi connectivity index (χ4n) is 0.256. The molecule has 0 fully saturated rings. The van der Waals surface area contributed by atoms with Crippen LogP contribution in [0.5, 0.6) is 0 Å². The maximum Gasteiger partial charge on any atom is 0.151 e. The van der Waals surface area contributed by atoms with Crippen LogP contribution in [0.25, 0.3) is 0 Å². The summed E-state index contributed by atoms with van der Waals surface area (Å²) in [6.07, 6.45) is 0. The smallest absolute Gasteiger partial charge is 0.151 e. The average Bonchev–Trinajstić information content (AvgIpc) is 1.61. The maximum atomic E-state index is 6.83. The van der Waals surface area contributed by atoms with Gasteiger partial charge in [0, 0.05) is 5.75 Å². The monoisotopic (exact) mass is 260 g/mol. The summed E-state index contributed by atoms with van der Waals surface area (Å²) in [4.78, 5) is 0. The van der Waals surface area contributed by atoms with Gasteiger partial charge in [-0.1, -0.05) is 25.6 Å². The molecule has 0 saturated carbocycles. The topological polar surface area (TPSA) is 49.9 Å². The normalized spacial score (nSPS) is 8.78. The van der Waals surface area contributed by atoms with Gasteiger partial charge in [0.2, 0.25) is 0 Å². The lowest BCUT2D eigenvalue weighted by Crippen LogP contribution is -2.06. The Bertz CT molecular complexity index is 85.0. The molecule has 0 rings (SSSR count). The van der Waals surface area contributed by atoms with Crippen LogP contribution in [-0.2, 0) is 0 Å². The Morgan fingerprint density at radius 2 is 2.11 bits per heavy atom. The number of amidine groups is 1. The molecule has 0 saturated heterocycles. The van der Waals surface area contributed by atoms with Crippen molar-refractivity contribution in [3.63, 3.8) is 0 Å². The van der Waals surface area contributed by atoms with Crippen molar-refractivity contribution in [1.29, 1.82) is 5.41 Å². The van der Waals surface area contributed by atoms with E-state index in [4.69, 9.17) is 11.1 Å². The highest BCUT2D eigenvalue weighted by Crippen LogP contribution is 2.04. The van der Waals surface area contributed by atoms with E-state index in [9.17, 15) is 0 Å². The van der Waals surface area contributed by atoms with Gasteiger partial charge in [-0.2, -0.15) is 0 Å². The number of nitrogens with one attached hydrogen (secondary N) is 1. The van der Waals surface area contributed by atoms with Crippen molar-refractivity contribution in [3.8, 4) is 0 Å². The summed E-state index contributed by atoms with van der Waals surface area (Å²) in [6.45, 7) is 4.21. The van der Waals surface area contributed by atoms with E-state index in [0.717, 1.165) is 5.75 Å². The van der Waals surface area contributed by atoms with Crippen LogP contribution in [0.1, 0.15) is 13.8 Å². The molecule has 0 radical (unpaired) electrons. The molecule has 56 valence electrons. The van der Waals surface area contributed by atoms with Gasteiger partial charge in [-0.05, 0) is 5.92 Å². The summed E-state index contributed by atoms with van der Waals surface area (Å²) in [5.74, 6) is 1.58. The Balaban J connectivity index is 0. The molecule has 4 heteroatoms. The average molecular weight is 260 g/mol. The minimum Gasteiger partial charge on any atom is -0.379 e. The molecule has 0 unspecified atom stereocenters. The number of hydrogen-bond donors (Lipinski definition) is 2. The van der Waals surface area contributed by atoms with Gasteiger partial charge in [0.25, 0.3) is 0 Å². The van der Waals surface area contributed by atoms with E-state index in [0.29, 0.717) is 5.92 Å². The van der Waals surface area contributed by atoms with E-state index >= 15 is 0 Å². The van der Waals surface area contributed by atoms with Crippen LogP contribution in [-0.4, -0.2) is 10.9 Å². The number of halogens is 1. The van der Waals surface area contributed by atoms with E-state index < -0.39 is 0 Å². The predicted octanol–water partition coefficient (Wildman–Crippen LogP) is 1.89. The van der Waals surface area contributed by atoms with Gasteiger partial charge >= 0.3 is 0 Å². The quantitative estimate of drug-likeness (QED) is 0.452. The summed E-state index contributed by atoms with van der Waals surface area (Å²) in [6, 6.07) is 0. The minimum absolute atomic E-state index is 0. The maximum absolute atomic E-state index is 6.83. The summed E-state index contributed by atoms with van der Waals surface area (Å²) >= 11 is 1.40. The summed E-state index contributed by atoms with van der Waals surface area (Å²) in [5, 5.41) is 7.05. The standard InChI is InChI=1S/C5H12N2S.HI/c1-4(2)3-8-5(6)7;/h4H,3H2,1-2H3,(H3,6,7);1H. The molecule has 0 bridgehead atoms. The number of rotatable bonds is 2. The lowest BCUT2D eigenvalue weighted by Gasteiger charge is -1.99. The molecule has 2 nitrogen and oxygen atoms in total. The first kappa shape index (κ1) is 12.2. The Kier molecular flexibility index (Phi) is 9.07. The minimum atomic E-state index is 0. The molecule has 0 aromatic heterocycles. The van der Waals surface area contributed by atoms with Gasteiger partial charge in [-0.3, -0.25) is 5.41 Å². The van der Waals surface area contributed by atoms with Gasteiger partial charge in [0.15, 0.2) is 5.17 Å². The highest BCUT2D eigenvalue weighted by atomic mass is 127. The number of thioether (sulfide) groups is 1. The molecule has 9 heavy (non-hydrogen) atoms. The fourth-order valence-corrected chi connectivity index (χ4v) is 0.769. The van der Waals surface area contributed by atoms with Gasteiger partial charge in [-0.25, -0.2) is 0 Å². The second kappa shape index (κ2) is 6.67. The van der Waals surface area contributed by atoms with E-state index in [1.807, 2.05) is 0 Å². The summed E-state index contributed by atoms with van der Waals surface area (Å²) in [7, 11) is 0. The van der Waals surface area contributed by atoms with Gasteiger partial charge in [0.05, 0.1) is 0 Å². The Hall–Kier alpha value is 0.550. The molecule has 0 aliphatic carbocycles. The Labute approximate surface area is 77.5 Å². The zero-order valence-electron chi connectivity index (χ0n) is 5.68. The van der Waals surface area contributed by atoms with Crippen LogP contribution < -0.4 is 5.73 Å². The highest BCUT2D eigenvalue weighted by molar-refractivity contribution is 14.0.